The maximum absolute atomic E-state index is 12.8. The van der Waals surface area contributed by atoms with E-state index in [1.807, 2.05) is 0 Å². The number of benzene rings is 1. The Labute approximate surface area is 113 Å². The van der Waals surface area contributed by atoms with Gasteiger partial charge in [-0.1, -0.05) is 25.7 Å². The minimum Gasteiger partial charge on any atom is -0.329 e. The Balaban J connectivity index is 2.09. The maximum atomic E-state index is 12.8. The number of nitrogens with two attached hydrogens (primary N) is 1. The molecule has 104 valence electrons. The molecule has 1 amide bonds. The van der Waals surface area contributed by atoms with Crippen molar-refractivity contribution in [2.24, 2.45) is 11.1 Å². The van der Waals surface area contributed by atoms with Crippen LogP contribution < -0.4 is 11.1 Å². The summed E-state index contributed by atoms with van der Waals surface area (Å²) in [5.74, 6) is -0.329. The van der Waals surface area contributed by atoms with Gasteiger partial charge in [-0.2, -0.15) is 0 Å². The van der Waals surface area contributed by atoms with Crippen molar-refractivity contribution >= 4 is 11.6 Å². The number of hydrogen-bond donors (Lipinski definition) is 2. The average molecular weight is 264 g/mol. The summed E-state index contributed by atoms with van der Waals surface area (Å²) >= 11 is 0. The third-order valence-corrected chi connectivity index (χ3v) is 4.04. The lowest BCUT2D eigenvalue weighted by atomic mass is 9.79. The minimum absolute atomic E-state index is 0.0245. The molecule has 0 spiro atoms. The van der Waals surface area contributed by atoms with E-state index in [1.54, 1.807) is 12.1 Å². The van der Waals surface area contributed by atoms with Crippen LogP contribution in [-0.4, -0.2) is 12.5 Å². The Morgan fingerprint density at radius 1 is 1.16 bits per heavy atom. The first-order valence-electron chi connectivity index (χ1n) is 6.93. The summed E-state index contributed by atoms with van der Waals surface area (Å²) in [6.45, 7) is 0.375. The van der Waals surface area contributed by atoms with E-state index in [0.717, 1.165) is 25.7 Å². The molecule has 1 fully saturated rings. The summed E-state index contributed by atoms with van der Waals surface area (Å²) < 4.78 is 12.8. The Kier molecular flexibility index (Phi) is 4.53. The first kappa shape index (κ1) is 14.0. The molecule has 0 radical (unpaired) electrons. The third kappa shape index (κ3) is 3.32. The van der Waals surface area contributed by atoms with Crippen molar-refractivity contribution in [2.75, 3.05) is 11.9 Å². The van der Waals surface area contributed by atoms with E-state index in [9.17, 15) is 9.18 Å². The molecule has 1 aliphatic carbocycles. The second-order valence-corrected chi connectivity index (χ2v) is 5.36. The van der Waals surface area contributed by atoms with Crippen LogP contribution in [-0.2, 0) is 4.79 Å². The van der Waals surface area contributed by atoms with Gasteiger partial charge in [0.1, 0.15) is 5.82 Å². The molecule has 1 aromatic carbocycles. The predicted octanol–water partition coefficient (Wildman–Crippen LogP) is 3.06. The molecule has 3 N–H and O–H groups in total. The van der Waals surface area contributed by atoms with E-state index in [2.05, 4.69) is 5.32 Å². The largest absolute Gasteiger partial charge is 0.329 e. The van der Waals surface area contributed by atoms with Crippen LogP contribution in [0.3, 0.4) is 0 Å². The number of halogens is 1. The van der Waals surface area contributed by atoms with Gasteiger partial charge in [-0.05, 0) is 37.1 Å². The van der Waals surface area contributed by atoms with Gasteiger partial charge in [-0.15, -0.1) is 0 Å². The molecule has 1 aromatic rings. The van der Waals surface area contributed by atoms with Crippen molar-refractivity contribution in [3.05, 3.63) is 30.1 Å². The standard InChI is InChI=1S/C15H21FN2O/c16-12-5-7-13(8-6-12)18-14(19)15(11-17)9-3-1-2-4-10-15/h5-8H,1-4,9-11,17H2,(H,18,19). The zero-order chi connectivity index (χ0) is 13.7. The molecule has 1 aliphatic rings. The van der Waals surface area contributed by atoms with Crippen molar-refractivity contribution in [1.29, 1.82) is 0 Å². The first-order valence-corrected chi connectivity index (χ1v) is 6.93. The highest BCUT2D eigenvalue weighted by molar-refractivity contribution is 5.95. The molecular weight excluding hydrogens is 243 g/mol. The fourth-order valence-electron chi connectivity index (χ4n) is 2.73. The Morgan fingerprint density at radius 3 is 2.26 bits per heavy atom. The Morgan fingerprint density at radius 2 is 1.74 bits per heavy atom. The summed E-state index contributed by atoms with van der Waals surface area (Å²) in [6.07, 6.45) is 6.13. The first-order chi connectivity index (χ1) is 9.16. The van der Waals surface area contributed by atoms with Crippen LogP contribution in [0.1, 0.15) is 38.5 Å². The van der Waals surface area contributed by atoms with E-state index in [0.29, 0.717) is 12.2 Å². The van der Waals surface area contributed by atoms with E-state index >= 15 is 0 Å². The summed E-state index contributed by atoms with van der Waals surface area (Å²) in [5, 5.41) is 2.87. The van der Waals surface area contributed by atoms with Crippen LogP contribution in [0.15, 0.2) is 24.3 Å². The SMILES string of the molecule is NCC1(C(=O)Nc2ccc(F)cc2)CCCCCC1. The van der Waals surface area contributed by atoms with E-state index in [4.69, 9.17) is 5.73 Å². The quantitative estimate of drug-likeness (QED) is 0.824. The minimum atomic E-state index is -0.453. The van der Waals surface area contributed by atoms with Gasteiger partial charge in [0.05, 0.1) is 5.41 Å². The highest BCUT2D eigenvalue weighted by Crippen LogP contribution is 2.35. The molecule has 4 heteroatoms. The third-order valence-electron chi connectivity index (χ3n) is 4.04. The van der Waals surface area contributed by atoms with E-state index in [1.165, 1.54) is 25.0 Å². The molecule has 0 heterocycles. The molecule has 0 atom stereocenters. The number of amides is 1. The van der Waals surface area contributed by atoms with Crippen LogP contribution >= 0.6 is 0 Å². The van der Waals surface area contributed by atoms with E-state index < -0.39 is 5.41 Å². The molecule has 0 aliphatic heterocycles. The van der Waals surface area contributed by atoms with Crippen molar-refractivity contribution in [3.63, 3.8) is 0 Å². The smallest absolute Gasteiger partial charge is 0.231 e. The lowest BCUT2D eigenvalue weighted by Crippen LogP contribution is -2.42. The predicted molar refractivity (Wildman–Crippen MR) is 74.2 cm³/mol. The van der Waals surface area contributed by atoms with Gasteiger partial charge in [0, 0.05) is 12.2 Å². The molecule has 3 nitrogen and oxygen atoms in total. The number of anilines is 1. The molecule has 19 heavy (non-hydrogen) atoms. The highest BCUT2D eigenvalue weighted by Gasteiger charge is 2.37. The van der Waals surface area contributed by atoms with Gasteiger partial charge in [0.2, 0.25) is 5.91 Å². The van der Waals surface area contributed by atoms with Crippen LogP contribution in [0.5, 0.6) is 0 Å². The van der Waals surface area contributed by atoms with Gasteiger partial charge < -0.3 is 11.1 Å². The van der Waals surface area contributed by atoms with Gasteiger partial charge in [0.25, 0.3) is 0 Å². The van der Waals surface area contributed by atoms with Gasteiger partial charge in [-0.25, -0.2) is 4.39 Å². The summed E-state index contributed by atoms with van der Waals surface area (Å²) in [6, 6.07) is 5.85. The lowest BCUT2D eigenvalue weighted by molar-refractivity contribution is -0.125. The zero-order valence-corrected chi connectivity index (χ0v) is 11.1. The molecule has 0 unspecified atom stereocenters. The number of rotatable bonds is 3. The average Bonchev–Trinajstić information content (AvgIpc) is 2.67. The van der Waals surface area contributed by atoms with Crippen molar-refractivity contribution in [2.45, 2.75) is 38.5 Å². The fraction of sp³-hybridized carbons (Fsp3) is 0.533. The molecule has 0 saturated heterocycles. The normalized spacial score (nSPS) is 18.6. The molecular formula is C15H21FN2O. The number of hydrogen-bond acceptors (Lipinski definition) is 2. The van der Waals surface area contributed by atoms with Crippen molar-refractivity contribution in [1.82, 2.24) is 0 Å². The Bertz CT molecular complexity index is 422. The summed E-state index contributed by atoms with van der Waals surface area (Å²) in [4.78, 5) is 12.5. The van der Waals surface area contributed by atoms with Crippen molar-refractivity contribution in [3.8, 4) is 0 Å². The second kappa shape index (κ2) is 6.15. The fourth-order valence-corrected chi connectivity index (χ4v) is 2.73. The Hall–Kier alpha value is -1.42. The maximum Gasteiger partial charge on any atom is 0.231 e. The van der Waals surface area contributed by atoms with Crippen LogP contribution in [0.2, 0.25) is 0 Å². The van der Waals surface area contributed by atoms with E-state index in [-0.39, 0.29) is 11.7 Å². The number of nitrogens with one attached hydrogen (secondary N) is 1. The second-order valence-electron chi connectivity index (χ2n) is 5.36. The summed E-state index contributed by atoms with van der Waals surface area (Å²) in [5.41, 5.74) is 6.04. The van der Waals surface area contributed by atoms with Crippen LogP contribution in [0.25, 0.3) is 0 Å². The topological polar surface area (TPSA) is 55.1 Å². The van der Waals surface area contributed by atoms with Crippen LogP contribution in [0.4, 0.5) is 10.1 Å². The molecule has 0 aromatic heterocycles. The lowest BCUT2D eigenvalue weighted by Gasteiger charge is -2.29. The van der Waals surface area contributed by atoms with Gasteiger partial charge in [0.15, 0.2) is 0 Å². The van der Waals surface area contributed by atoms with Gasteiger partial charge >= 0.3 is 0 Å². The molecule has 2 rings (SSSR count). The van der Waals surface area contributed by atoms with Gasteiger partial charge in [-0.3, -0.25) is 4.79 Å². The highest BCUT2D eigenvalue weighted by atomic mass is 19.1. The summed E-state index contributed by atoms with van der Waals surface area (Å²) in [7, 11) is 0. The number of carbonyl (C=O) groups excluding carboxylic acids is 1. The molecule has 1 saturated carbocycles. The van der Waals surface area contributed by atoms with Crippen molar-refractivity contribution < 1.29 is 9.18 Å². The van der Waals surface area contributed by atoms with Crippen LogP contribution in [0, 0.1) is 11.2 Å². The zero-order valence-electron chi connectivity index (χ0n) is 11.1. The molecule has 0 bridgehead atoms. The monoisotopic (exact) mass is 264 g/mol. The number of carbonyl (C=O) groups is 1.